The Kier molecular flexibility index (Phi) is 3.20. The predicted octanol–water partition coefficient (Wildman–Crippen LogP) is 4.39. The van der Waals surface area contributed by atoms with Crippen LogP contribution in [0.3, 0.4) is 0 Å². The molecule has 0 aliphatic heterocycles. The van der Waals surface area contributed by atoms with Gasteiger partial charge in [-0.05, 0) is 36.2 Å². The Balaban J connectivity index is 2.01. The Morgan fingerprint density at radius 2 is 1.96 bits per heavy atom. The first-order valence-electron chi connectivity index (χ1n) is 7.36. The summed E-state index contributed by atoms with van der Waals surface area (Å²) in [6.07, 6.45) is 5.49. The second-order valence-corrected chi connectivity index (χ2v) is 6.01. The van der Waals surface area contributed by atoms with Crippen molar-refractivity contribution in [2.75, 3.05) is 0 Å². The molecule has 0 unspecified atom stereocenters. The first kappa shape index (κ1) is 14.0. The summed E-state index contributed by atoms with van der Waals surface area (Å²) in [5.74, 6) is 1.01. The lowest BCUT2D eigenvalue weighted by molar-refractivity contribution is 0.739. The quantitative estimate of drug-likeness (QED) is 0.549. The third-order valence-electron chi connectivity index (χ3n) is 4.06. The van der Waals surface area contributed by atoms with Gasteiger partial charge in [-0.3, -0.25) is 9.25 Å². The molecule has 0 radical (unpaired) electrons. The molecule has 2 aromatic carbocycles. The van der Waals surface area contributed by atoms with Gasteiger partial charge in [0.05, 0.1) is 0 Å². The summed E-state index contributed by atoms with van der Waals surface area (Å²) in [6.45, 7) is 2.07. The number of benzene rings is 2. The predicted molar refractivity (Wildman–Crippen MR) is 93.0 cm³/mol. The molecule has 5 heteroatoms. The van der Waals surface area contributed by atoms with Gasteiger partial charge in [0.1, 0.15) is 17.7 Å². The zero-order valence-electron chi connectivity index (χ0n) is 12.9. The average Bonchev–Trinajstić information content (AvgIpc) is 3.13. The number of halogens is 1. The summed E-state index contributed by atoms with van der Waals surface area (Å²) in [6, 6.07) is 12.2. The van der Waals surface area contributed by atoms with E-state index >= 15 is 0 Å². The molecule has 114 valence electrons. The van der Waals surface area contributed by atoms with E-state index < -0.39 is 0 Å². The topological polar surface area (TPSA) is 35.6 Å². The Morgan fingerprint density at radius 3 is 2.70 bits per heavy atom. The van der Waals surface area contributed by atoms with Gasteiger partial charge in [-0.25, -0.2) is 4.98 Å². The first-order chi connectivity index (χ1) is 11.1. The molecule has 0 saturated carbocycles. The minimum absolute atomic E-state index is 0.749. The van der Waals surface area contributed by atoms with Crippen LogP contribution >= 0.6 is 11.6 Å². The molecule has 0 saturated heterocycles. The van der Waals surface area contributed by atoms with Crippen LogP contribution in [0.4, 0.5) is 0 Å². The summed E-state index contributed by atoms with van der Waals surface area (Å²) in [5, 5.41) is 6.59. The fourth-order valence-corrected chi connectivity index (χ4v) is 3.27. The molecule has 4 aromatic rings. The number of nitrogens with zero attached hydrogens (tertiary/aromatic N) is 4. The number of hydrogen-bond donors (Lipinski definition) is 0. The average molecular weight is 323 g/mol. The van der Waals surface area contributed by atoms with E-state index in [1.165, 1.54) is 0 Å². The molecule has 2 heterocycles. The van der Waals surface area contributed by atoms with Gasteiger partial charge in [-0.2, -0.15) is 5.10 Å². The molecule has 0 amide bonds. The molecule has 4 rings (SSSR count). The fraction of sp³-hybridized carbons (Fsp3) is 0.111. The van der Waals surface area contributed by atoms with Gasteiger partial charge in [0.15, 0.2) is 0 Å². The largest absolute Gasteiger partial charge is 0.290 e. The van der Waals surface area contributed by atoms with E-state index in [2.05, 4.69) is 36.2 Å². The lowest BCUT2D eigenvalue weighted by Gasteiger charge is -2.07. The van der Waals surface area contributed by atoms with Crippen molar-refractivity contribution in [3.63, 3.8) is 0 Å². The molecule has 0 fully saturated rings. The normalized spacial score (nSPS) is 11.3. The van der Waals surface area contributed by atoms with Crippen LogP contribution in [0.2, 0.25) is 5.02 Å². The highest BCUT2D eigenvalue weighted by Gasteiger charge is 2.15. The van der Waals surface area contributed by atoms with Crippen LogP contribution in [0.5, 0.6) is 0 Å². The number of fused-ring (bicyclic) bond motifs is 1. The van der Waals surface area contributed by atoms with Crippen LogP contribution in [0.15, 0.2) is 55.1 Å². The summed E-state index contributed by atoms with van der Waals surface area (Å²) >= 11 is 6.09. The van der Waals surface area contributed by atoms with Crippen molar-refractivity contribution in [1.29, 1.82) is 0 Å². The monoisotopic (exact) mass is 322 g/mol. The Hall–Kier alpha value is -2.59. The third-order valence-corrected chi connectivity index (χ3v) is 4.30. The number of aryl methyl sites for hydroxylation is 2. The zero-order valence-corrected chi connectivity index (χ0v) is 13.6. The van der Waals surface area contributed by atoms with Crippen LogP contribution in [-0.2, 0) is 7.05 Å². The van der Waals surface area contributed by atoms with Crippen LogP contribution in [0.25, 0.3) is 27.8 Å². The molecule has 2 aromatic heterocycles. The van der Waals surface area contributed by atoms with Crippen LogP contribution < -0.4 is 0 Å². The lowest BCUT2D eigenvalue weighted by atomic mass is 9.98. The molecule has 23 heavy (non-hydrogen) atoms. The standard InChI is InChI=1S/C18H15ClN4/c1-12-10-13(19)6-7-14(12)15-4-3-5-16-17(15)21-22(2)18(16)23-9-8-20-11-23/h3-11H,1-2H3. The maximum absolute atomic E-state index is 6.09. The Morgan fingerprint density at radius 1 is 1.09 bits per heavy atom. The van der Waals surface area contributed by atoms with Gasteiger partial charge in [0.2, 0.25) is 0 Å². The highest BCUT2D eigenvalue weighted by molar-refractivity contribution is 6.30. The van der Waals surface area contributed by atoms with E-state index in [1.807, 2.05) is 34.6 Å². The summed E-state index contributed by atoms with van der Waals surface area (Å²) < 4.78 is 3.87. The summed E-state index contributed by atoms with van der Waals surface area (Å²) in [7, 11) is 1.95. The van der Waals surface area contributed by atoms with E-state index in [0.29, 0.717) is 0 Å². The molecular weight excluding hydrogens is 308 g/mol. The van der Waals surface area contributed by atoms with Crippen molar-refractivity contribution in [2.24, 2.45) is 7.05 Å². The second-order valence-electron chi connectivity index (χ2n) is 5.58. The van der Waals surface area contributed by atoms with Crippen LogP contribution in [-0.4, -0.2) is 19.3 Å². The van der Waals surface area contributed by atoms with Gasteiger partial charge in [0, 0.05) is 35.4 Å². The van der Waals surface area contributed by atoms with Gasteiger partial charge in [-0.1, -0.05) is 29.8 Å². The molecule has 0 N–H and O–H groups in total. The molecule has 0 aliphatic rings. The van der Waals surface area contributed by atoms with E-state index in [4.69, 9.17) is 16.7 Å². The Labute approximate surface area is 139 Å². The zero-order chi connectivity index (χ0) is 16.0. The molecule has 0 atom stereocenters. The van der Waals surface area contributed by atoms with E-state index in [9.17, 15) is 0 Å². The second kappa shape index (κ2) is 5.25. The maximum Gasteiger partial charge on any atom is 0.143 e. The molecular formula is C18H15ClN4. The highest BCUT2D eigenvalue weighted by Crippen LogP contribution is 2.33. The summed E-state index contributed by atoms with van der Waals surface area (Å²) in [4.78, 5) is 4.14. The van der Waals surface area contributed by atoms with Crippen molar-refractivity contribution in [1.82, 2.24) is 19.3 Å². The number of hydrogen-bond acceptors (Lipinski definition) is 2. The van der Waals surface area contributed by atoms with Crippen molar-refractivity contribution in [2.45, 2.75) is 6.92 Å². The van der Waals surface area contributed by atoms with Gasteiger partial charge in [-0.15, -0.1) is 0 Å². The van der Waals surface area contributed by atoms with Crippen molar-refractivity contribution in [3.05, 3.63) is 65.7 Å². The smallest absolute Gasteiger partial charge is 0.143 e. The molecule has 0 spiro atoms. The van der Waals surface area contributed by atoms with Crippen molar-refractivity contribution < 1.29 is 0 Å². The van der Waals surface area contributed by atoms with Gasteiger partial charge < -0.3 is 0 Å². The van der Waals surface area contributed by atoms with Crippen molar-refractivity contribution in [3.8, 4) is 16.9 Å². The molecule has 4 nitrogen and oxygen atoms in total. The van der Waals surface area contributed by atoms with E-state index in [1.54, 1.807) is 12.5 Å². The number of rotatable bonds is 2. The molecule has 0 aliphatic carbocycles. The van der Waals surface area contributed by atoms with E-state index in [-0.39, 0.29) is 0 Å². The van der Waals surface area contributed by atoms with Gasteiger partial charge >= 0.3 is 0 Å². The SMILES string of the molecule is Cc1cc(Cl)ccc1-c1cccc2c(-n3ccnc3)n(C)nc12. The van der Waals surface area contributed by atoms with Gasteiger partial charge in [0.25, 0.3) is 0 Å². The minimum atomic E-state index is 0.749. The Bertz CT molecular complexity index is 999. The minimum Gasteiger partial charge on any atom is -0.290 e. The highest BCUT2D eigenvalue weighted by atomic mass is 35.5. The molecule has 0 bridgehead atoms. The number of imidazole rings is 1. The first-order valence-corrected chi connectivity index (χ1v) is 7.73. The number of aromatic nitrogens is 4. The van der Waals surface area contributed by atoms with Crippen LogP contribution in [0, 0.1) is 6.92 Å². The summed E-state index contributed by atoms with van der Waals surface area (Å²) in [5.41, 5.74) is 4.37. The van der Waals surface area contributed by atoms with E-state index in [0.717, 1.165) is 38.4 Å². The fourth-order valence-electron chi connectivity index (χ4n) is 3.04. The third kappa shape index (κ3) is 2.23. The van der Waals surface area contributed by atoms with Crippen molar-refractivity contribution >= 4 is 22.5 Å². The van der Waals surface area contributed by atoms with Crippen LogP contribution in [0.1, 0.15) is 5.56 Å². The lowest BCUT2D eigenvalue weighted by Crippen LogP contribution is -2.00. The maximum atomic E-state index is 6.09.